The smallest absolute Gasteiger partial charge is 0.262 e. The van der Waals surface area contributed by atoms with Crippen molar-refractivity contribution in [3.8, 4) is 5.75 Å². The van der Waals surface area contributed by atoms with Crippen LogP contribution >= 0.6 is 0 Å². The molecule has 0 aromatic heterocycles. The predicted octanol–water partition coefficient (Wildman–Crippen LogP) is 1.88. The van der Waals surface area contributed by atoms with Gasteiger partial charge in [-0.2, -0.15) is 0 Å². The molecular formula is C19H16N2O4. The maximum Gasteiger partial charge on any atom is 0.262 e. The predicted molar refractivity (Wildman–Crippen MR) is 90.9 cm³/mol. The number of fused-ring (bicyclic) bond motifs is 2. The van der Waals surface area contributed by atoms with Gasteiger partial charge in [0, 0.05) is 12.2 Å². The highest BCUT2D eigenvalue weighted by molar-refractivity contribution is 6.22. The molecule has 0 fully saturated rings. The van der Waals surface area contributed by atoms with Crippen LogP contribution in [-0.4, -0.2) is 42.8 Å². The number of methoxy groups -OCH3 is 1. The second kappa shape index (κ2) is 5.73. The van der Waals surface area contributed by atoms with Crippen molar-refractivity contribution in [2.24, 2.45) is 0 Å². The summed E-state index contributed by atoms with van der Waals surface area (Å²) >= 11 is 0. The second-order valence-electron chi connectivity index (χ2n) is 6.03. The SMILES string of the molecule is COc1ccc2c(c1)CCN2C(=O)CN1C(=O)c2ccccc2C1=O. The average molecular weight is 336 g/mol. The molecule has 0 atom stereocenters. The molecule has 2 aliphatic heterocycles. The highest BCUT2D eigenvalue weighted by Gasteiger charge is 2.38. The Balaban J connectivity index is 1.55. The number of nitrogens with zero attached hydrogens (tertiary/aromatic N) is 2. The van der Waals surface area contributed by atoms with Gasteiger partial charge < -0.3 is 9.64 Å². The molecule has 2 aromatic carbocycles. The van der Waals surface area contributed by atoms with E-state index in [9.17, 15) is 14.4 Å². The lowest BCUT2D eigenvalue weighted by Crippen LogP contribution is -2.42. The van der Waals surface area contributed by atoms with Crippen LogP contribution in [0.4, 0.5) is 5.69 Å². The Morgan fingerprint density at radius 3 is 2.40 bits per heavy atom. The first kappa shape index (κ1) is 15.4. The summed E-state index contributed by atoms with van der Waals surface area (Å²) in [6.07, 6.45) is 0.723. The van der Waals surface area contributed by atoms with E-state index in [0.29, 0.717) is 17.7 Å². The van der Waals surface area contributed by atoms with Gasteiger partial charge in [-0.15, -0.1) is 0 Å². The third kappa shape index (κ3) is 2.38. The first-order valence-electron chi connectivity index (χ1n) is 8.02. The highest BCUT2D eigenvalue weighted by atomic mass is 16.5. The number of amides is 3. The number of imide groups is 1. The van der Waals surface area contributed by atoms with Gasteiger partial charge in [0.15, 0.2) is 0 Å². The minimum absolute atomic E-state index is 0.252. The minimum atomic E-state index is -0.414. The van der Waals surface area contributed by atoms with Crippen LogP contribution in [0.5, 0.6) is 5.75 Å². The quantitative estimate of drug-likeness (QED) is 0.803. The third-order valence-corrected chi connectivity index (χ3v) is 4.65. The number of hydrogen-bond donors (Lipinski definition) is 0. The van der Waals surface area contributed by atoms with Crippen LogP contribution in [0, 0.1) is 0 Å². The number of carbonyl (C=O) groups excluding carboxylic acids is 3. The van der Waals surface area contributed by atoms with Crippen molar-refractivity contribution in [1.29, 1.82) is 0 Å². The van der Waals surface area contributed by atoms with Crippen LogP contribution in [0.1, 0.15) is 26.3 Å². The molecule has 25 heavy (non-hydrogen) atoms. The molecule has 6 nitrogen and oxygen atoms in total. The Hall–Kier alpha value is -3.15. The second-order valence-corrected chi connectivity index (χ2v) is 6.03. The number of rotatable bonds is 3. The fraction of sp³-hybridized carbons (Fsp3) is 0.211. The molecule has 126 valence electrons. The molecule has 3 amide bonds. The summed E-state index contributed by atoms with van der Waals surface area (Å²) in [5, 5.41) is 0. The van der Waals surface area contributed by atoms with E-state index in [1.807, 2.05) is 12.1 Å². The van der Waals surface area contributed by atoms with Crippen LogP contribution in [-0.2, 0) is 11.2 Å². The van der Waals surface area contributed by atoms with Crippen molar-refractivity contribution in [3.05, 3.63) is 59.2 Å². The summed E-state index contributed by atoms with van der Waals surface area (Å²) in [6.45, 7) is 0.280. The van der Waals surface area contributed by atoms with Crippen molar-refractivity contribution in [2.75, 3.05) is 25.1 Å². The largest absolute Gasteiger partial charge is 0.497 e. The number of hydrogen-bond acceptors (Lipinski definition) is 4. The number of ether oxygens (including phenoxy) is 1. The molecule has 0 N–H and O–H groups in total. The molecule has 0 aliphatic carbocycles. The van der Waals surface area contributed by atoms with Crippen LogP contribution in [0.15, 0.2) is 42.5 Å². The maximum absolute atomic E-state index is 12.7. The van der Waals surface area contributed by atoms with Gasteiger partial charge in [0.05, 0.1) is 18.2 Å². The van der Waals surface area contributed by atoms with Gasteiger partial charge in [0.25, 0.3) is 11.8 Å². The number of benzene rings is 2. The molecular weight excluding hydrogens is 320 g/mol. The fourth-order valence-electron chi connectivity index (χ4n) is 3.37. The highest BCUT2D eigenvalue weighted by Crippen LogP contribution is 2.32. The van der Waals surface area contributed by atoms with Crippen molar-refractivity contribution < 1.29 is 19.1 Å². The zero-order valence-electron chi connectivity index (χ0n) is 13.7. The van der Waals surface area contributed by atoms with E-state index in [1.54, 1.807) is 42.3 Å². The molecule has 2 heterocycles. The van der Waals surface area contributed by atoms with Crippen molar-refractivity contribution in [1.82, 2.24) is 4.90 Å². The monoisotopic (exact) mass is 336 g/mol. The van der Waals surface area contributed by atoms with Crippen molar-refractivity contribution in [3.63, 3.8) is 0 Å². The lowest BCUT2D eigenvalue weighted by Gasteiger charge is -2.21. The Morgan fingerprint density at radius 1 is 1.08 bits per heavy atom. The lowest BCUT2D eigenvalue weighted by atomic mass is 10.1. The van der Waals surface area contributed by atoms with E-state index in [0.717, 1.165) is 28.3 Å². The van der Waals surface area contributed by atoms with E-state index in [4.69, 9.17) is 4.74 Å². The standard InChI is InChI=1S/C19H16N2O4/c1-25-13-6-7-16-12(10-13)8-9-20(16)17(22)11-21-18(23)14-4-2-3-5-15(14)19(21)24/h2-7,10H,8-9,11H2,1H3. The lowest BCUT2D eigenvalue weighted by molar-refractivity contribution is -0.118. The van der Waals surface area contributed by atoms with Crippen molar-refractivity contribution in [2.45, 2.75) is 6.42 Å². The molecule has 0 spiro atoms. The van der Waals surface area contributed by atoms with Gasteiger partial charge >= 0.3 is 0 Å². The first-order valence-corrected chi connectivity index (χ1v) is 8.02. The zero-order chi connectivity index (χ0) is 17.6. The van der Waals surface area contributed by atoms with Gasteiger partial charge in [-0.3, -0.25) is 19.3 Å². The maximum atomic E-state index is 12.7. The summed E-state index contributed by atoms with van der Waals surface area (Å²) < 4.78 is 5.21. The van der Waals surface area contributed by atoms with Gasteiger partial charge in [0.2, 0.25) is 5.91 Å². The third-order valence-electron chi connectivity index (χ3n) is 4.65. The molecule has 0 radical (unpaired) electrons. The normalized spacial score (nSPS) is 15.4. The van der Waals surface area contributed by atoms with Gasteiger partial charge in [-0.05, 0) is 42.3 Å². The van der Waals surface area contributed by atoms with Crippen molar-refractivity contribution >= 4 is 23.4 Å². The fourth-order valence-corrected chi connectivity index (χ4v) is 3.37. The van der Waals surface area contributed by atoms with Crippen LogP contribution in [0.2, 0.25) is 0 Å². The van der Waals surface area contributed by atoms with E-state index in [-0.39, 0.29) is 12.5 Å². The van der Waals surface area contributed by atoms with Gasteiger partial charge in [0.1, 0.15) is 12.3 Å². The van der Waals surface area contributed by atoms with Gasteiger partial charge in [-0.1, -0.05) is 12.1 Å². The molecule has 4 rings (SSSR count). The summed E-state index contributed by atoms with van der Waals surface area (Å²) in [4.78, 5) is 40.2. The molecule has 0 saturated heterocycles. The van der Waals surface area contributed by atoms with Crippen LogP contribution in [0.25, 0.3) is 0 Å². The summed E-state index contributed by atoms with van der Waals surface area (Å²) in [6, 6.07) is 12.2. The Kier molecular flexibility index (Phi) is 3.53. The van der Waals surface area contributed by atoms with E-state index >= 15 is 0 Å². The number of anilines is 1. The minimum Gasteiger partial charge on any atom is -0.497 e. The van der Waals surface area contributed by atoms with Crippen LogP contribution < -0.4 is 9.64 Å². The molecule has 2 aliphatic rings. The van der Waals surface area contributed by atoms with E-state index < -0.39 is 11.8 Å². The van der Waals surface area contributed by atoms with E-state index in [1.165, 1.54) is 0 Å². The Labute approximate surface area is 144 Å². The van der Waals surface area contributed by atoms with E-state index in [2.05, 4.69) is 0 Å². The zero-order valence-corrected chi connectivity index (χ0v) is 13.7. The topological polar surface area (TPSA) is 66.9 Å². The molecule has 0 saturated carbocycles. The summed E-state index contributed by atoms with van der Waals surface area (Å²) in [5.74, 6) is -0.349. The Morgan fingerprint density at radius 2 is 1.76 bits per heavy atom. The average Bonchev–Trinajstić information content (AvgIpc) is 3.16. The first-order chi connectivity index (χ1) is 12.1. The number of carbonyl (C=O) groups is 3. The summed E-state index contributed by atoms with van der Waals surface area (Å²) in [7, 11) is 1.60. The molecule has 6 heteroatoms. The van der Waals surface area contributed by atoms with Crippen LogP contribution in [0.3, 0.4) is 0 Å². The molecule has 0 bridgehead atoms. The van der Waals surface area contributed by atoms with Gasteiger partial charge in [-0.25, -0.2) is 0 Å². The summed E-state index contributed by atoms with van der Waals surface area (Å²) in [5.41, 5.74) is 2.54. The Bertz CT molecular complexity index is 871. The molecule has 2 aromatic rings. The molecule has 0 unspecified atom stereocenters.